The average molecular weight is 1180 g/mol. The fraction of sp³-hybridized carbons (Fsp3) is 0.0870. The summed E-state index contributed by atoms with van der Waals surface area (Å²) < 4.78 is 189. The van der Waals surface area contributed by atoms with Gasteiger partial charge in [-0.15, -0.1) is 30.7 Å². The lowest BCUT2D eigenvalue weighted by atomic mass is 10.1. The van der Waals surface area contributed by atoms with Gasteiger partial charge in [0.25, 0.3) is 50.6 Å². The molecule has 0 bridgehead atoms. The second-order valence-corrected chi connectivity index (χ2v) is 23.7. The van der Waals surface area contributed by atoms with Crippen molar-refractivity contribution in [3.05, 3.63) is 109 Å². The van der Waals surface area contributed by atoms with Crippen LogP contribution in [0.5, 0.6) is 23.0 Å². The van der Waals surface area contributed by atoms with Crippen molar-refractivity contribution in [3.8, 4) is 28.7 Å². The quantitative estimate of drug-likeness (QED) is 0.0411. The molecule has 408 valence electrons. The maximum atomic E-state index is 12.8. The van der Waals surface area contributed by atoms with Crippen LogP contribution in [0.4, 0.5) is 34.1 Å². The summed E-state index contributed by atoms with van der Waals surface area (Å²) in [6.07, 6.45) is 0. The molecule has 9 rings (SSSR count). The number of aromatic hydroxyl groups is 1. The van der Waals surface area contributed by atoms with Gasteiger partial charge < -0.3 is 19.3 Å². The van der Waals surface area contributed by atoms with E-state index in [0.29, 0.717) is 11.6 Å². The largest absolute Gasteiger partial charge is 0.505 e. The van der Waals surface area contributed by atoms with Crippen LogP contribution in [0.15, 0.2) is 158 Å². The molecule has 0 aliphatic heterocycles. The zero-order chi connectivity index (χ0) is 57.3. The van der Waals surface area contributed by atoms with E-state index < -0.39 is 86.5 Å². The minimum atomic E-state index is -5.15. The highest BCUT2D eigenvalue weighted by atomic mass is 32.2. The molecule has 0 saturated carbocycles. The molecule has 1 aromatic heterocycles. The van der Waals surface area contributed by atoms with E-state index in [-0.39, 0.29) is 94.7 Å². The second-order valence-electron chi connectivity index (χ2n) is 16.7. The van der Waals surface area contributed by atoms with Crippen LogP contribution < -0.4 is 14.2 Å². The Hall–Kier alpha value is -8.51. The van der Waals surface area contributed by atoms with Gasteiger partial charge in [-0.3, -0.25) is 22.8 Å². The first-order chi connectivity index (χ1) is 37.0. The second kappa shape index (κ2) is 20.1. The number of nitrogens with zero attached hydrogens (tertiary/aromatic N) is 9. The minimum absolute atomic E-state index is 0.000898. The Labute approximate surface area is 445 Å². The first-order valence-electron chi connectivity index (χ1n) is 21.8. The van der Waals surface area contributed by atoms with Gasteiger partial charge in [-0.25, -0.2) is 0 Å². The lowest BCUT2D eigenvalue weighted by Crippen LogP contribution is -2.04. The highest BCUT2D eigenvalue weighted by Gasteiger charge is 2.26. The molecule has 0 radical (unpaired) electrons. The Morgan fingerprint density at radius 1 is 0.456 bits per heavy atom. The lowest BCUT2D eigenvalue weighted by Gasteiger charge is -2.11. The fourth-order valence-corrected chi connectivity index (χ4v) is 11.6. The van der Waals surface area contributed by atoms with Crippen molar-refractivity contribution in [1.82, 2.24) is 15.0 Å². The van der Waals surface area contributed by atoms with E-state index in [2.05, 4.69) is 40.9 Å². The van der Waals surface area contributed by atoms with Crippen molar-refractivity contribution < 1.29 is 84.2 Å². The number of hydrogen-bond acceptors (Lipinski definition) is 22. The van der Waals surface area contributed by atoms with E-state index in [0.717, 1.165) is 35.1 Å². The number of hydrogen-bond donors (Lipinski definition) is 6. The van der Waals surface area contributed by atoms with Crippen LogP contribution in [0, 0.1) is 6.92 Å². The molecule has 6 N–H and O–H groups in total. The van der Waals surface area contributed by atoms with Crippen molar-refractivity contribution in [1.29, 1.82) is 0 Å². The van der Waals surface area contributed by atoms with Crippen molar-refractivity contribution in [2.45, 2.75) is 31.4 Å². The van der Waals surface area contributed by atoms with Crippen LogP contribution in [-0.2, 0) is 50.6 Å². The number of phenolic OH excluding ortho intramolecular Hbond substituents is 1. The standard InChI is InChI=1S/C46H35N9O19S5/c1-22-12-34(37(72-2)19-33(22)48-50-36-21-38(73-3)35(20-39(36)74-4)49-47-24-15-30-28(41(16-24)77(63,64)65)6-5-7-40(30)76(60,61)62)51-52-45-43(79(69,70)71)14-23-13-25(8-9-27(23)46(45)56)55-53-32-11-10-29-31(44(32)54-55)17-26(75(57,58)59)18-42(29)78(66,67)68/h5-21,56H,1-4H3,(H,57,58,59)(H,60,61,62)(H,63,64,65)(H,66,67,68)(H,69,70,71). The highest BCUT2D eigenvalue weighted by molar-refractivity contribution is 7.87. The van der Waals surface area contributed by atoms with E-state index >= 15 is 0 Å². The number of benzene rings is 8. The Morgan fingerprint density at radius 3 is 1.58 bits per heavy atom. The number of aromatic nitrogens is 3. The molecule has 0 saturated heterocycles. The minimum Gasteiger partial charge on any atom is -0.505 e. The van der Waals surface area contributed by atoms with E-state index in [9.17, 15) is 70.0 Å². The fourth-order valence-electron chi connectivity index (χ4n) is 8.15. The smallest absolute Gasteiger partial charge is 0.296 e. The molecule has 0 atom stereocenters. The van der Waals surface area contributed by atoms with Crippen LogP contribution in [0.1, 0.15) is 5.56 Å². The van der Waals surface area contributed by atoms with E-state index in [1.54, 1.807) is 6.92 Å². The van der Waals surface area contributed by atoms with Crippen molar-refractivity contribution in [3.63, 3.8) is 0 Å². The molecule has 28 nitrogen and oxygen atoms in total. The Kier molecular flexibility index (Phi) is 14.0. The zero-order valence-corrected chi connectivity index (χ0v) is 44.5. The van der Waals surface area contributed by atoms with Crippen LogP contribution in [0.25, 0.3) is 49.0 Å². The van der Waals surface area contributed by atoms with Crippen LogP contribution in [0.2, 0.25) is 0 Å². The first-order valence-corrected chi connectivity index (χ1v) is 29.0. The number of azo groups is 3. The molecule has 33 heteroatoms. The summed E-state index contributed by atoms with van der Waals surface area (Å²) >= 11 is 0. The molecule has 0 fully saturated rings. The highest BCUT2D eigenvalue weighted by Crippen LogP contribution is 2.46. The monoisotopic (exact) mass is 1180 g/mol. The third-order valence-electron chi connectivity index (χ3n) is 11.8. The van der Waals surface area contributed by atoms with E-state index in [1.807, 2.05) is 0 Å². The Morgan fingerprint density at radius 2 is 0.987 bits per heavy atom. The van der Waals surface area contributed by atoms with Gasteiger partial charge in [-0.1, -0.05) is 18.2 Å². The SMILES string of the molecule is COc1cc(N=Nc2cc(OC)c(N=Nc3c(S(=O)(=O)O)cc4cc(-n5nc6ccc7c(S(=O)(=O)O)cc(S(=O)(=O)O)cc7c6n5)ccc4c3O)cc2C)c(OC)cc1N=Nc1cc(S(=O)(=O)O)c2cccc(S(=O)(=O)O)c2c1. The van der Waals surface area contributed by atoms with Crippen molar-refractivity contribution >= 4 is 128 Å². The Bertz CT molecular complexity index is 4800. The summed E-state index contributed by atoms with van der Waals surface area (Å²) in [5.74, 6) is -0.613. The zero-order valence-electron chi connectivity index (χ0n) is 40.4. The molecule has 0 aliphatic rings. The maximum Gasteiger partial charge on any atom is 0.296 e. The molecule has 0 aliphatic carbocycles. The molecule has 0 spiro atoms. The van der Waals surface area contributed by atoms with Crippen molar-refractivity contribution in [2.75, 3.05) is 21.3 Å². The van der Waals surface area contributed by atoms with Gasteiger partial charge in [-0.05, 0) is 84.6 Å². The number of rotatable bonds is 15. The summed E-state index contributed by atoms with van der Waals surface area (Å²) in [7, 11) is -21.1. The topological polar surface area (TPSA) is 425 Å². The van der Waals surface area contributed by atoms with Crippen LogP contribution in [0.3, 0.4) is 0 Å². The summed E-state index contributed by atoms with van der Waals surface area (Å²) in [6.45, 7) is 1.61. The van der Waals surface area contributed by atoms with Gasteiger partial charge >= 0.3 is 0 Å². The molecular formula is C46H35N9O19S5. The predicted molar refractivity (Wildman–Crippen MR) is 278 cm³/mol. The van der Waals surface area contributed by atoms with Gasteiger partial charge in [0.15, 0.2) is 5.75 Å². The molecule has 8 aromatic carbocycles. The summed E-state index contributed by atoms with van der Waals surface area (Å²) in [5.41, 5.74) is -0.111. The van der Waals surface area contributed by atoms with Gasteiger partial charge in [0.05, 0.1) is 43.3 Å². The average Bonchev–Trinajstić information content (AvgIpc) is 4.01. The number of methoxy groups -OCH3 is 3. The number of aryl methyl sites for hydroxylation is 1. The molecule has 1 heterocycles. The molecule has 79 heavy (non-hydrogen) atoms. The lowest BCUT2D eigenvalue weighted by molar-refractivity contribution is 0.405. The summed E-state index contributed by atoms with van der Waals surface area (Å²) in [5, 5.41) is 44.3. The third kappa shape index (κ3) is 10.9. The number of phenols is 1. The molecule has 9 aromatic rings. The van der Waals surface area contributed by atoms with Gasteiger partial charge in [-0.2, -0.15) is 57.1 Å². The van der Waals surface area contributed by atoms with Crippen LogP contribution in [-0.4, -0.2) is 106 Å². The summed E-state index contributed by atoms with van der Waals surface area (Å²) in [6, 6.07) is 20.1. The summed E-state index contributed by atoms with van der Waals surface area (Å²) in [4.78, 5) is -2.93. The molecule has 0 amide bonds. The maximum absolute atomic E-state index is 12.8. The number of fused-ring (bicyclic) bond motifs is 5. The van der Waals surface area contributed by atoms with Crippen molar-refractivity contribution in [2.24, 2.45) is 30.7 Å². The molecular weight excluding hydrogens is 1140 g/mol. The normalized spacial score (nSPS) is 13.0. The predicted octanol–water partition coefficient (Wildman–Crippen LogP) is 9.40. The van der Waals surface area contributed by atoms with E-state index in [1.165, 1.54) is 88.1 Å². The van der Waals surface area contributed by atoms with E-state index in [4.69, 9.17) is 14.2 Å². The van der Waals surface area contributed by atoms with Gasteiger partial charge in [0, 0.05) is 45.1 Å². The third-order valence-corrected chi connectivity index (χ3v) is 16.2. The Balaban J connectivity index is 1.03. The van der Waals surface area contributed by atoms with Gasteiger partial charge in [0.1, 0.15) is 70.6 Å². The van der Waals surface area contributed by atoms with Crippen LogP contribution >= 0.6 is 0 Å². The van der Waals surface area contributed by atoms with Gasteiger partial charge in [0.2, 0.25) is 0 Å². The first kappa shape index (κ1) is 55.3. The number of ether oxygens (including phenoxy) is 3. The molecule has 0 unspecified atom stereocenters.